The van der Waals surface area contributed by atoms with E-state index in [0.29, 0.717) is 12.5 Å². The lowest BCUT2D eigenvalue weighted by Gasteiger charge is -2.12. The fourth-order valence-electron chi connectivity index (χ4n) is 2.70. The molecule has 2 N–H and O–H groups in total. The van der Waals surface area contributed by atoms with Gasteiger partial charge < -0.3 is 15.4 Å². The van der Waals surface area contributed by atoms with Crippen molar-refractivity contribution in [2.24, 2.45) is 0 Å². The average Bonchev–Trinajstić information content (AvgIpc) is 2.63. The molecule has 1 aromatic heterocycles. The first-order valence-electron chi connectivity index (χ1n) is 8.61. The molecule has 0 saturated heterocycles. The highest BCUT2D eigenvalue weighted by atomic mass is 16.5. The normalized spacial score (nSPS) is 10.5. The third-order valence-electron chi connectivity index (χ3n) is 4.26. The molecular weight excluding hydrogens is 324 g/mol. The molecular formula is C21H24N4O. The average molecular weight is 348 g/mol. The van der Waals surface area contributed by atoms with Crippen LogP contribution in [0.15, 0.2) is 48.5 Å². The molecule has 26 heavy (non-hydrogen) atoms. The van der Waals surface area contributed by atoms with Crippen LogP contribution >= 0.6 is 0 Å². The Bertz CT molecular complexity index is 908. The molecule has 5 nitrogen and oxygen atoms in total. The lowest BCUT2D eigenvalue weighted by molar-refractivity contribution is 0.410. The number of ether oxygens (including phenoxy) is 1. The van der Waals surface area contributed by atoms with E-state index in [1.165, 1.54) is 11.1 Å². The highest BCUT2D eigenvalue weighted by Crippen LogP contribution is 2.21. The number of aromatic nitrogens is 2. The predicted octanol–water partition coefficient (Wildman–Crippen LogP) is 4.77. The zero-order valence-electron chi connectivity index (χ0n) is 15.6. The summed E-state index contributed by atoms with van der Waals surface area (Å²) in [6.45, 7) is 6.76. The third kappa shape index (κ3) is 4.30. The van der Waals surface area contributed by atoms with Gasteiger partial charge in [0.25, 0.3) is 0 Å². The fraction of sp³-hybridized carbons (Fsp3) is 0.238. The molecule has 3 aromatic rings. The van der Waals surface area contributed by atoms with Crippen LogP contribution < -0.4 is 15.4 Å². The molecule has 0 radical (unpaired) electrons. The molecule has 0 bridgehead atoms. The van der Waals surface area contributed by atoms with E-state index in [2.05, 4.69) is 52.6 Å². The van der Waals surface area contributed by atoms with Gasteiger partial charge >= 0.3 is 0 Å². The van der Waals surface area contributed by atoms with Crippen molar-refractivity contribution >= 4 is 17.5 Å². The zero-order valence-corrected chi connectivity index (χ0v) is 15.6. The molecule has 0 unspecified atom stereocenters. The predicted molar refractivity (Wildman–Crippen MR) is 106 cm³/mol. The van der Waals surface area contributed by atoms with Gasteiger partial charge in [0.1, 0.15) is 11.6 Å². The largest absolute Gasteiger partial charge is 0.496 e. The van der Waals surface area contributed by atoms with Crippen LogP contribution in [-0.4, -0.2) is 17.1 Å². The molecule has 0 aliphatic heterocycles. The Morgan fingerprint density at radius 2 is 1.73 bits per heavy atom. The van der Waals surface area contributed by atoms with Crippen molar-refractivity contribution in [1.82, 2.24) is 9.97 Å². The summed E-state index contributed by atoms with van der Waals surface area (Å²) in [6.07, 6.45) is 0. The minimum atomic E-state index is 0.585. The lowest BCUT2D eigenvalue weighted by Crippen LogP contribution is -2.07. The lowest BCUT2D eigenvalue weighted by atomic mass is 10.1. The monoisotopic (exact) mass is 348 g/mol. The Balaban J connectivity index is 1.76. The maximum absolute atomic E-state index is 5.39. The van der Waals surface area contributed by atoms with E-state index in [-0.39, 0.29) is 0 Å². The number of hydrogen-bond acceptors (Lipinski definition) is 5. The summed E-state index contributed by atoms with van der Waals surface area (Å²) in [5.41, 5.74) is 5.49. The Kier molecular flexibility index (Phi) is 5.37. The van der Waals surface area contributed by atoms with Crippen LogP contribution in [-0.2, 0) is 6.54 Å². The summed E-state index contributed by atoms with van der Waals surface area (Å²) in [5.74, 6) is 2.20. The number of nitrogens with zero attached hydrogens (tertiary/aromatic N) is 2. The molecule has 0 aliphatic carbocycles. The molecule has 1 heterocycles. The molecule has 2 aromatic carbocycles. The van der Waals surface area contributed by atoms with Crippen LogP contribution in [0.25, 0.3) is 0 Å². The fourth-order valence-corrected chi connectivity index (χ4v) is 2.70. The summed E-state index contributed by atoms with van der Waals surface area (Å²) >= 11 is 0. The second-order valence-corrected chi connectivity index (χ2v) is 6.31. The van der Waals surface area contributed by atoms with Gasteiger partial charge in [-0.2, -0.15) is 4.98 Å². The van der Waals surface area contributed by atoms with E-state index in [0.717, 1.165) is 28.5 Å². The summed E-state index contributed by atoms with van der Waals surface area (Å²) < 4.78 is 5.39. The van der Waals surface area contributed by atoms with Crippen molar-refractivity contribution in [3.05, 3.63) is 70.9 Å². The molecule has 0 atom stereocenters. The van der Waals surface area contributed by atoms with E-state index in [4.69, 9.17) is 4.74 Å². The molecule has 5 heteroatoms. The molecule has 0 saturated carbocycles. The number of methoxy groups -OCH3 is 1. The first-order chi connectivity index (χ1) is 12.5. The standard InChI is InChI=1S/C21H24N4O/c1-14-9-10-18(11-15(14)2)24-20-12-16(3)23-21(25-20)22-13-17-7-5-6-8-19(17)26-4/h5-12H,13H2,1-4H3,(H2,22,23,24,25). The van der Waals surface area contributed by atoms with Crippen molar-refractivity contribution in [2.45, 2.75) is 27.3 Å². The van der Waals surface area contributed by atoms with Gasteiger partial charge in [-0.25, -0.2) is 4.98 Å². The van der Waals surface area contributed by atoms with Crippen molar-refractivity contribution in [3.8, 4) is 5.75 Å². The van der Waals surface area contributed by atoms with Crippen LogP contribution in [0.1, 0.15) is 22.4 Å². The number of para-hydroxylation sites is 1. The van der Waals surface area contributed by atoms with Gasteiger partial charge in [-0.3, -0.25) is 0 Å². The van der Waals surface area contributed by atoms with Crippen molar-refractivity contribution < 1.29 is 4.74 Å². The maximum Gasteiger partial charge on any atom is 0.225 e. The summed E-state index contributed by atoms with van der Waals surface area (Å²) in [4.78, 5) is 9.05. The van der Waals surface area contributed by atoms with Crippen LogP contribution in [0, 0.1) is 20.8 Å². The van der Waals surface area contributed by atoms with Gasteiger partial charge in [0.05, 0.1) is 7.11 Å². The number of nitrogens with one attached hydrogen (secondary N) is 2. The first-order valence-corrected chi connectivity index (χ1v) is 8.61. The van der Waals surface area contributed by atoms with Crippen LogP contribution in [0.3, 0.4) is 0 Å². The Hall–Kier alpha value is -3.08. The molecule has 0 fully saturated rings. The number of rotatable bonds is 6. The Morgan fingerprint density at radius 1 is 0.923 bits per heavy atom. The maximum atomic E-state index is 5.39. The van der Waals surface area contributed by atoms with Crippen molar-refractivity contribution in [1.29, 1.82) is 0 Å². The van der Waals surface area contributed by atoms with E-state index < -0.39 is 0 Å². The van der Waals surface area contributed by atoms with E-state index in [9.17, 15) is 0 Å². The van der Waals surface area contributed by atoms with Crippen LogP contribution in [0.2, 0.25) is 0 Å². The molecule has 0 spiro atoms. The van der Waals surface area contributed by atoms with Gasteiger partial charge in [0.15, 0.2) is 0 Å². The highest BCUT2D eigenvalue weighted by Gasteiger charge is 2.06. The van der Waals surface area contributed by atoms with Crippen molar-refractivity contribution in [2.75, 3.05) is 17.7 Å². The van der Waals surface area contributed by atoms with E-state index in [1.807, 2.05) is 37.3 Å². The first kappa shape index (κ1) is 17.7. The van der Waals surface area contributed by atoms with Crippen LogP contribution in [0.5, 0.6) is 5.75 Å². The number of anilines is 3. The van der Waals surface area contributed by atoms with Gasteiger partial charge in [-0.15, -0.1) is 0 Å². The van der Waals surface area contributed by atoms with E-state index in [1.54, 1.807) is 7.11 Å². The van der Waals surface area contributed by atoms with Crippen molar-refractivity contribution in [3.63, 3.8) is 0 Å². The number of benzene rings is 2. The molecule has 0 amide bonds. The van der Waals surface area contributed by atoms with Gasteiger partial charge in [-0.05, 0) is 50.1 Å². The third-order valence-corrected chi connectivity index (χ3v) is 4.26. The minimum Gasteiger partial charge on any atom is -0.496 e. The second kappa shape index (κ2) is 7.87. The minimum absolute atomic E-state index is 0.585. The number of aryl methyl sites for hydroxylation is 3. The number of hydrogen-bond donors (Lipinski definition) is 2. The SMILES string of the molecule is COc1ccccc1CNc1nc(C)cc(Nc2ccc(C)c(C)c2)n1. The summed E-state index contributed by atoms with van der Waals surface area (Å²) in [7, 11) is 1.67. The summed E-state index contributed by atoms with van der Waals surface area (Å²) in [5, 5.41) is 6.64. The molecule has 0 aliphatic rings. The second-order valence-electron chi connectivity index (χ2n) is 6.31. The highest BCUT2D eigenvalue weighted by molar-refractivity contribution is 5.59. The summed E-state index contributed by atoms with van der Waals surface area (Å²) in [6, 6.07) is 16.1. The molecule has 3 rings (SSSR count). The van der Waals surface area contributed by atoms with E-state index >= 15 is 0 Å². The quantitative estimate of drug-likeness (QED) is 0.672. The van der Waals surface area contributed by atoms with Gasteiger partial charge in [0, 0.05) is 29.6 Å². The van der Waals surface area contributed by atoms with Gasteiger partial charge in [-0.1, -0.05) is 24.3 Å². The smallest absolute Gasteiger partial charge is 0.225 e. The molecule has 134 valence electrons. The van der Waals surface area contributed by atoms with Gasteiger partial charge in [0.2, 0.25) is 5.95 Å². The topological polar surface area (TPSA) is 59.1 Å². The zero-order chi connectivity index (χ0) is 18.5. The Labute approximate surface area is 154 Å². The Morgan fingerprint density at radius 3 is 2.50 bits per heavy atom. The van der Waals surface area contributed by atoms with Crippen LogP contribution in [0.4, 0.5) is 17.5 Å².